The molecular weight excluding hydrogens is 322 g/mol. The van der Waals surface area contributed by atoms with Gasteiger partial charge in [-0.15, -0.1) is 0 Å². The summed E-state index contributed by atoms with van der Waals surface area (Å²) in [5.41, 5.74) is 2.03. The van der Waals surface area contributed by atoms with E-state index in [4.69, 9.17) is 0 Å². The zero-order chi connectivity index (χ0) is 16.7. The Labute approximate surface area is 138 Å². The monoisotopic (exact) mass is 343 g/mol. The molecule has 2 heterocycles. The summed E-state index contributed by atoms with van der Waals surface area (Å²) in [6, 6.07) is 0.291. The van der Waals surface area contributed by atoms with Crippen LogP contribution in [0.25, 0.3) is 0 Å². The minimum atomic E-state index is -0.489. The van der Waals surface area contributed by atoms with Gasteiger partial charge in [0.05, 0.1) is 12.1 Å². The van der Waals surface area contributed by atoms with Crippen molar-refractivity contribution in [3.05, 3.63) is 0 Å². The first-order valence-electron chi connectivity index (χ1n) is 7.71. The molecule has 0 saturated carbocycles. The summed E-state index contributed by atoms with van der Waals surface area (Å²) in [6.45, 7) is 0. The predicted molar refractivity (Wildman–Crippen MR) is 83.5 cm³/mol. The standard InChI is InChI=1S/C14H21N3O5S/c18-7-3-5-11(19)17-22-12(20)6-2-1-4-10-13-9(8-23-10)15-14(21)16-13/h7,9-10,13H,1-6,8H2,(H,17,19)(H2,15,16,21). The summed E-state index contributed by atoms with van der Waals surface area (Å²) in [6.07, 6.45) is 3.42. The van der Waals surface area contributed by atoms with Gasteiger partial charge in [0, 0.05) is 30.3 Å². The summed E-state index contributed by atoms with van der Waals surface area (Å²) in [4.78, 5) is 48.6. The highest BCUT2D eigenvalue weighted by Gasteiger charge is 2.42. The van der Waals surface area contributed by atoms with Gasteiger partial charge in [0.1, 0.15) is 6.29 Å². The lowest BCUT2D eigenvalue weighted by atomic mass is 10.0. The van der Waals surface area contributed by atoms with Crippen molar-refractivity contribution in [3.63, 3.8) is 0 Å². The molecular formula is C14H21N3O5S. The summed E-state index contributed by atoms with van der Waals surface area (Å²) in [7, 11) is 0. The third kappa shape index (κ3) is 5.42. The summed E-state index contributed by atoms with van der Waals surface area (Å²) < 4.78 is 0. The Morgan fingerprint density at radius 2 is 2.13 bits per heavy atom. The molecule has 3 atom stereocenters. The second-order valence-corrected chi connectivity index (χ2v) is 6.84. The molecule has 2 aliphatic heterocycles. The molecule has 3 N–H and O–H groups in total. The highest BCUT2D eigenvalue weighted by atomic mass is 32.2. The van der Waals surface area contributed by atoms with Crippen LogP contribution >= 0.6 is 11.8 Å². The third-order valence-corrected chi connectivity index (χ3v) is 5.33. The van der Waals surface area contributed by atoms with Crippen LogP contribution in [0.4, 0.5) is 4.79 Å². The number of carbonyl (C=O) groups excluding carboxylic acids is 4. The summed E-state index contributed by atoms with van der Waals surface area (Å²) in [5, 5.41) is 6.19. The van der Waals surface area contributed by atoms with Gasteiger partial charge in [-0.1, -0.05) is 6.42 Å². The molecule has 0 aromatic heterocycles. The van der Waals surface area contributed by atoms with Crippen molar-refractivity contribution in [1.82, 2.24) is 16.1 Å². The molecule has 128 valence electrons. The summed E-state index contributed by atoms with van der Waals surface area (Å²) >= 11 is 1.84. The third-order valence-electron chi connectivity index (χ3n) is 3.83. The molecule has 9 heteroatoms. The van der Waals surface area contributed by atoms with Crippen molar-refractivity contribution < 1.29 is 24.0 Å². The molecule has 0 spiro atoms. The van der Waals surface area contributed by atoms with Crippen LogP contribution in [0.1, 0.15) is 38.5 Å². The van der Waals surface area contributed by atoms with Gasteiger partial charge in [-0.2, -0.15) is 17.2 Å². The van der Waals surface area contributed by atoms with E-state index in [1.807, 2.05) is 17.2 Å². The van der Waals surface area contributed by atoms with E-state index < -0.39 is 11.9 Å². The number of nitrogens with one attached hydrogen (secondary N) is 3. The van der Waals surface area contributed by atoms with Gasteiger partial charge in [-0.05, 0) is 12.8 Å². The average Bonchev–Trinajstić information content (AvgIpc) is 3.07. The van der Waals surface area contributed by atoms with Crippen LogP contribution < -0.4 is 16.1 Å². The fourth-order valence-corrected chi connectivity index (χ4v) is 4.21. The van der Waals surface area contributed by atoms with Crippen molar-refractivity contribution in [2.45, 2.75) is 55.9 Å². The first-order chi connectivity index (χ1) is 11.1. The fourth-order valence-electron chi connectivity index (χ4n) is 2.66. The first-order valence-corrected chi connectivity index (χ1v) is 8.76. The molecule has 0 bridgehead atoms. The van der Waals surface area contributed by atoms with Crippen LogP contribution in [0.15, 0.2) is 0 Å². The maximum atomic E-state index is 11.5. The van der Waals surface area contributed by atoms with Crippen LogP contribution in [0.3, 0.4) is 0 Å². The van der Waals surface area contributed by atoms with Gasteiger partial charge in [0.2, 0.25) is 0 Å². The van der Waals surface area contributed by atoms with Gasteiger partial charge in [0.25, 0.3) is 5.91 Å². The van der Waals surface area contributed by atoms with Gasteiger partial charge in [0.15, 0.2) is 0 Å². The lowest BCUT2D eigenvalue weighted by Crippen LogP contribution is -2.36. The van der Waals surface area contributed by atoms with E-state index in [2.05, 4.69) is 15.5 Å². The zero-order valence-corrected chi connectivity index (χ0v) is 13.5. The zero-order valence-electron chi connectivity index (χ0n) is 12.7. The Kier molecular flexibility index (Phi) is 6.69. The van der Waals surface area contributed by atoms with Gasteiger partial charge >= 0.3 is 12.0 Å². The number of thioether (sulfide) groups is 1. The number of hydrogen-bond donors (Lipinski definition) is 3. The van der Waals surface area contributed by atoms with Gasteiger partial charge in [-0.25, -0.2) is 9.59 Å². The molecule has 8 nitrogen and oxygen atoms in total. The van der Waals surface area contributed by atoms with Crippen LogP contribution in [-0.2, 0) is 19.2 Å². The highest BCUT2D eigenvalue weighted by molar-refractivity contribution is 8.00. The number of carbonyl (C=O) groups is 4. The maximum absolute atomic E-state index is 11.5. The Morgan fingerprint density at radius 3 is 2.91 bits per heavy atom. The number of aldehydes is 1. The Bertz CT molecular complexity index is 473. The predicted octanol–water partition coefficient (Wildman–Crippen LogP) is 0.266. The first kappa shape index (κ1) is 17.6. The van der Waals surface area contributed by atoms with E-state index in [9.17, 15) is 19.2 Å². The van der Waals surface area contributed by atoms with Crippen LogP contribution in [0, 0.1) is 0 Å². The quantitative estimate of drug-likeness (QED) is 0.252. The maximum Gasteiger partial charge on any atom is 0.332 e. The second-order valence-electron chi connectivity index (χ2n) is 5.57. The minimum absolute atomic E-state index is 0.0119. The Morgan fingerprint density at radius 1 is 1.30 bits per heavy atom. The molecule has 3 unspecified atom stereocenters. The molecule has 0 aliphatic carbocycles. The highest BCUT2D eigenvalue weighted by Crippen LogP contribution is 2.33. The lowest BCUT2D eigenvalue weighted by molar-refractivity contribution is -0.158. The molecule has 0 aromatic rings. The van der Waals surface area contributed by atoms with E-state index in [-0.39, 0.29) is 37.4 Å². The molecule has 2 aliphatic rings. The van der Waals surface area contributed by atoms with Crippen LogP contribution in [-0.4, -0.2) is 47.3 Å². The van der Waals surface area contributed by atoms with E-state index >= 15 is 0 Å². The van der Waals surface area contributed by atoms with Gasteiger partial charge < -0.3 is 20.3 Å². The van der Waals surface area contributed by atoms with Crippen LogP contribution in [0.2, 0.25) is 0 Å². The second kappa shape index (κ2) is 8.76. The van der Waals surface area contributed by atoms with Crippen molar-refractivity contribution in [2.24, 2.45) is 0 Å². The fraction of sp³-hybridized carbons (Fsp3) is 0.714. The smallest absolute Gasteiger partial charge is 0.332 e. The number of hydroxylamine groups is 1. The van der Waals surface area contributed by atoms with E-state index in [1.165, 1.54) is 0 Å². The van der Waals surface area contributed by atoms with Crippen LogP contribution in [0.5, 0.6) is 0 Å². The molecule has 2 fully saturated rings. The number of urea groups is 1. The van der Waals surface area contributed by atoms with Crippen molar-refractivity contribution in [1.29, 1.82) is 0 Å². The topological polar surface area (TPSA) is 114 Å². The van der Waals surface area contributed by atoms with Crippen molar-refractivity contribution in [2.75, 3.05) is 5.75 Å². The lowest BCUT2D eigenvalue weighted by Gasteiger charge is -2.16. The number of rotatable bonds is 8. The van der Waals surface area contributed by atoms with Crippen molar-refractivity contribution in [3.8, 4) is 0 Å². The van der Waals surface area contributed by atoms with Crippen molar-refractivity contribution >= 4 is 36.0 Å². The largest absolute Gasteiger partial charge is 0.341 e. The van der Waals surface area contributed by atoms with E-state index in [1.54, 1.807) is 0 Å². The average molecular weight is 343 g/mol. The normalized spacial score (nSPS) is 25.2. The molecule has 2 saturated heterocycles. The van der Waals surface area contributed by atoms with Gasteiger partial charge in [-0.3, -0.25) is 4.79 Å². The summed E-state index contributed by atoms with van der Waals surface area (Å²) in [5.74, 6) is -0.0521. The molecule has 2 rings (SSSR count). The molecule has 3 amide bonds. The molecule has 0 aromatic carbocycles. The number of amides is 3. The minimum Gasteiger partial charge on any atom is -0.341 e. The number of unbranched alkanes of at least 4 members (excludes halogenated alkanes) is 1. The Hall–Kier alpha value is -1.77. The van der Waals surface area contributed by atoms with E-state index in [0.717, 1.165) is 18.6 Å². The Balaban J connectivity index is 1.53. The molecule has 23 heavy (non-hydrogen) atoms. The molecule has 0 radical (unpaired) electrons. The number of hydrogen-bond acceptors (Lipinski definition) is 6. The number of fused-ring (bicyclic) bond motifs is 1. The van der Waals surface area contributed by atoms with E-state index in [0.29, 0.717) is 18.0 Å². The SMILES string of the molecule is O=CCCC(=O)NOC(=O)CCCCC1SCC2NC(=O)NC21.